The molecule has 0 saturated carbocycles. The summed E-state index contributed by atoms with van der Waals surface area (Å²) in [4.78, 5) is 0. The summed E-state index contributed by atoms with van der Waals surface area (Å²) in [5.41, 5.74) is 4.68. The van der Waals surface area contributed by atoms with Crippen molar-refractivity contribution in [1.82, 2.24) is 0 Å². The number of hydrogen-bond acceptors (Lipinski definition) is 0. The second-order valence-electron chi connectivity index (χ2n) is 3.58. The minimum Gasteiger partial charge on any atom is -0.0817 e. The van der Waals surface area contributed by atoms with Crippen LogP contribution in [0, 0.1) is 6.92 Å². The van der Waals surface area contributed by atoms with Gasteiger partial charge in [0.25, 0.3) is 0 Å². The van der Waals surface area contributed by atoms with E-state index in [9.17, 15) is 0 Å². The van der Waals surface area contributed by atoms with Gasteiger partial charge < -0.3 is 0 Å². The van der Waals surface area contributed by atoms with Crippen LogP contribution in [0.4, 0.5) is 0 Å². The zero-order chi connectivity index (χ0) is 7.84. The zero-order valence-corrected chi connectivity index (χ0v) is 7.22. The third-order valence-electron chi connectivity index (χ3n) is 2.80. The Kier molecular flexibility index (Phi) is 1.52. The predicted molar refractivity (Wildman–Crippen MR) is 50.9 cm³/mol. The molecule has 1 aliphatic heterocycles. The van der Waals surface area contributed by atoms with E-state index in [2.05, 4.69) is 31.9 Å². The topological polar surface area (TPSA) is 0 Å². The van der Waals surface area contributed by atoms with Gasteiger partial charge in [0.2, 0.25) is 0 Å². The van der Waals surface area contributed by atoms with Crippen LogP contribution in [0.15, 0.2) is 18.2 Å². The second-order valence-corrected chi connectivity index (χ2v) is 3.58. The van der Waals surface area contributed by atoms with Crippen molar-refractivity contribution >= 4 is 12.2 Å². The fraction of sp³-hybridized carbons (Fsp3) is 0.400. The van der Waals surface area contributed by atoms with Crippen molar-refractivity contribution in [2.24, 2.45) is 0 Å². The molecule has 0 aliphatic carbocycles. The first-order valence-corrected chi connectivity index (χ1v) is 4.37. The molecule has 0 N–H and O–H groups in total. The lowest BCUT2D eigenvalue weighted by Crippen LogP contribution is -2.22. The molecule has 0 saturated heterocycles. The average Bonchev–Trinajstić information content (AvgIpc) is 2.35. The van der Waals surface area contributed by atoms with E-state index in [4.69, 9.17) is 0 Å². The van der Waals surface area contributed by atoms with E-state index in [1.165, 1.54) is 18.3 Å². The first-order valence-electron chi connectivity index (χ1n) is 4.37. The number of fused-ring (bicyclic) bond motifs is 1. The lowest BCUT2D eigenvalue weighted by Gasteiger charge is -2.03. The summed E-state index contributed by atoms with van der Waals surface area (Å²) >= 11 is 0. The Balaban J connectivity index is 2.57. The predicted octanol–water partition coefficient (Wildman–Crippen LogP) is 1.88. The smallest absolute Gasteiger partial charge is 0.0817 e. The van der Waals surface area contributed by atoms with Crippen molar-refractivity contribution in [2.45, 2.75) is 26.5 Å². The Morgan fingerprint density at radius 3 is 2.91 bits per heavy atom. The monoisotopic (exact) mass is 144 g/mol. The van der Waals surface area contributed by atoms with Crippen LogP contribution < -0.4 is 5.46 Å². The van der Waals surface area contributed by atoms with Gasteiger partial charge in [-0.05, 0) is 18.9 Å². The molecule has 1 heterocycles. The summed E-state index contributed by atoms with van der Waals surface area (Å²) in [5.74, 6) is 0. The fourth-order valence-corrected chi connectivity index (χ4v) is 2.04. The van der Waals surface area contributed by atoms with Crippen LogP contribution in [0.1, 0.15) is 11.1 Å². The van der Waals surface area contributed by atoms with Crippen molar-refractivity contribution in [2.75, 3.05) is 0 Å². The Labute approximate surface area is 68.7 Å². The molecule has 1 aromatic rings. The van der Waals surface area contributed by atoms with Crippen molar-refractivity contribution in [3.05, 3.63) is 29.3 Å². The van der Waals surface area contributed by atoms with E-state index in [0.717, 1.165) is 6.71 Å². The maximum absolute atomic E-state index is 2.32. The fourth-order valence-electron chi connectivity index (χ4n) is 2.04. The van der Waals surface area contributed by atoms with Gasteiger partial charge in [0, 0.05) is 0 Å². The van der Waals surface area contributed by atoms with E-state index in [1.54, 1.807) is 11.0 Å². The molecule has 0 unspecified atom stereocenters. The zero-order valence-electron chi connectivity index (χ0n) is 7.22. The molecule has 0 fully saturated rings. The third kappa shape index (κ3) is 0.992. The van der Waals surface area contributed by atoms with Gasteiger partial charge in [-0.15, -0.1) is 0 Å². The minimum absolute atomic E-state index is 0.796. The van der Waals surface area contributed by atoms with E-state index in [-0.39, 0.29) is 0 Å². The van der Waals surface area contributed by atoms with Crippen LogP contribution >= 0.6 is 0 Å². The summed E-state index contributed by atoms with van der Waals surface area (Å²) in [5, 5.41) is 0. The van der Waals surface area contributed by atoms with Crippen LogP contribution in [-0.2, 0) is 6.42 Å². The molecule has 56 valence electrons. The quantitative estimate of drug-likeness (QED) is 0.487. The van der Waals surface area contributed by atoms with Crippen LogP contribution in [0.3, 0.4) is 0 Å². The molecule has 0 amide bonds. The summed E-state index contributed by atoms with van der Waals surface area (Å²) in [6.07, 6.45) is 2.64. The minimum atomic E-state index is 0.796. The molecule has 1 aromatic carbocycles. The van der Waals surface area contributed by atoms with Gasteiger partial charge in [-0.3, -0.25) is 0 Å². The van der Waals surface area contributed by atoms with Crippen LogP contribution in [-0.4, -0.2) is 6.71 Å². The van der Waals surface area contributed by atoms with E-state index in [1.807, 2.05) is 0 Å². The molecule has 2 rings (SSSR count). The molecule has 0 bridgehead atoms. The highest BCUT2D eigenvalue weighted by atomic mass is 14.1. The average molecular weight is 144 g/mol. The number of hydrogen-bond donors (Lipinski definition) is 0. The second kappa shape index (κ2) is 2.40. The van der Waals surface area contributed by atoms with Gasteiger partial charge in [-0.2, -0.15) is 0 Å². The van der Waals surface area contributed by atoms with Gasteiger partial charge in [0.1, 0.15) is 0 Å². The standard InChI is InChI=1S/C10H13B/c1-8-4-3-5-10-9(8)6-7-11(10)2/h3-5H,6-7H2,1-2H3. The molecule has 0 radical (unpaired) electrons. The van der Waals surface area contributed by atoms with Gasteiger partial charge in [0.05, 0.1) is 0 Å². The Bertz CT molecular complexity index is 278. The molecule has 0 spiro atoms. The Morgan fingerprint density at radius 1 is 1.36 bits per heavy atom. The van der Waals surface area contributed by atoms with Gasteiger partial charge in [0.15, 0.2) is 6.71 Å². The lowest BCUT2D eigenvalue weighted by atomic mass is 9.48. The number of benzene rings is 1. The third-order valence-corrected chi connectivity index (χ3v) is 2.80. The lowest BCUT2D eigenvalue weighted by molar-refractivity contribution is 1.14. The molecule has 1 aliphatic rings. The van der Waals surface area contributed by atoms with Crippen LogP contribution in [0.2, 0.25) is 13.1 Å². The summed E-state index contributed by atoms with van der Waals surface area (Å²) < 4.78 is 0. The van der Waals surface area contributed by atoms with Crippen molar-refractivity contribution in [1.29, 1.82) is 0 Å². The van der Waals surface area contributed by atoms with Crippen molar-refractivity contribution in [3.8, 4) is 0 Å². The Hall–Kier alpha value is -0.715. The first kappa shape index (κ1) is 6.96. The number of aryl methyl sites for hydroxylation is 1. The highest BCUT2D eigenvalue weighted by Gasteiger charge is 2.21. The van der Waals surface area contributed by atoms with Crippen LogP contribution in [0.25, 0.3) is 0 Å². The molecule has 11 heavy (non-hydrogen) atoms. The molecule has 0 aromatic heterocycles. The summed E-state index contributed by atoms with van der Waals surface area (Å²) in [6, 6.07) is 6.67. The first-order chi connectivity index (χ1) is 5.29. The molecular weight excluding hydrogens is 131 g/mol. The molecular formula is C10H13B. The van der Waals surface area contributed by atoms with E-state index >= 15 is 0 Å². The highest BCUT2D eigenvalue weighted by molar-refractivity contribution is 6.73. The molecule has 0 nitrogen and oxygen atoms in total. The number of rotatable bonds is 0. The van der Waals surface area contributed by atoms with Gasteiger partial charge in [-0.25, -0.2) is 0 Å². The largest absolute Gasteiger partial charge is 0.173 e. The highest BCUT2D eigenvalue weighted by Crippen LogP contribution is 2.17. The summed E-state index contributed by atoms with van der Waals surface area (Å²) in [6.45, 7) is 5.34. The maximum Gasteiger partial charge on any atom is 0.173 e. The normalized spacial score (nSPS) is 15.3. The SMILES string of the molecule is CB1CCc2c(C)cccc21. The van der Waals surface area contributed by atoms with Crippen LogP contribution in [0.5, 0.6) is 0 Å². The van der Waals surface area contributed by atoms with E-state index < -0.39 is 0 Å². The van der Waals surface area contributed by atoms with Gasteiger partial charge >= 0.3 is 0 Å². The van der Waals surface area contributed by atoms with Crippen molar-refractivity contribution in [3.63, 3.8) is 0 Å². The van der Waals surface area contributed by atoms with Gasteiger partial charge in [-0.1, -0.05) is 42.4 Å². The summed E-state index contributed by atoms with van der Waals surface area (Å²) in [7, 11) is 0. The molecule has 0 atom stereocenters. The van der Waals surface area contributed by atoms with E-state index in [0.29, 0.717) is 0 Å². The van der Waals surface area contributed by atoms with Crippen molar-refractivity contribution < 1.29 is 0 Å². The Morgan fingerprint density at radius 2 is 2.18 bits per heavy atom. The maximum atomic E-state index is 2.32. The molecule has 1 heteroatoms.